The van der Waals surface area contributed by atoms with Gasteiger partial charge in [-0.1, -0.05) is 48.7 Å². The molecule has 220 valence electrons. The highest BCUT2D eigenvalue weighted by Gasteiger charge is 2.37. The van der Waals surface area contributed by atoms with Crippen molar-refractivity contribution in [2.24, 2.45) is 0 Å². The van der Waals surface area contributed by atoms with Crippen LogP contribution in [0.4, 0.5) is 18.9 Å². The Morgan fingerprint density at radius 3 is 2.55 bits per heavy atom. The van der Waals surface area contributed by atoms with Gasteiger partial charge in [-0.2, -0.15) is 13.2 Å². The maximum Gasteiger partial charge on any atom is 0.416 e. The summed E-state index contributed by atoms with van der Waals surface area (Å²) in [6.45, 7) is -0.411. The van der Waals surface area contributed by atoms with Crippen LogP contribution in [0.25, 0.3) is 11.0 Å². The van der Waals surface area contributed by atoms with Gasteiger partial charge in [0.25, 0.3) is 0 Å². The number of aromatic hydroxyl groups is 1. The number of amides is 2. The number of phenols is 1. The van der Waals surface area contributed by atoms with E-state index >= 15 is 0 Å². The number of para-hydroxylation sites is 1. The fraction of sp³-hybridized carbons (Fsp3) is 0.333. The van der Waals surface area contributed by atoms with E-state index in [1.807, 2.05) is 0 Å². The van der Waals surface area contributed by atoms with E-state index in [-0.39, 0.29) is 28.8 Å². The maximum atomic E-state index is 14.1. The van der Waals surface area contributed by atoms with Crippen molar-refractivity contribution in [2.45, 2.75) is 56.9 Å². The lowest BCUT2D eigenvalue weighted by Gasteiger charge is -2.34. The largest absolute Gasteiger partial charge is 0.504 e. The van der Waals surface area contributed by atoms with Gasteiger partial charge in [0.05, 0.1) is 18.2 Å². The molecule has 9 nitrogen and oxygen atoms in total. The Morgan fingerprint density at radius 1 is 1.07 bits per heavy atom. The summed E-state index contributed by atoms with van der Waals surface area (Å²) in [5.41, 5.74) is 0.143. The van der Waals surface area contributed by atoms with Gasteiger partial charge in [-0.3, -0.25) is 14.5 Å². The lowest BCUT2D eigenvalue weighted by Crippen LogP contribution is -2.48. The Hall–Kier alpha value is -4.61. The summed E-state index contributed by atoms with van der Waals surface area (Å²) in [4.78, 5) is 29.2. The molecule has 0 spiro atoms. The number of carbonyl (C=O) groups excluding carboxylic acids is 2. The van der Waals surface area contributed by atoms with Gasteiger partial charge in [-0.05, 0) is 60.9 Å². The molecule has 0 saturated heterocycles. The molecule has 3 aromatic carbocycles. The number of alkyl halides is 3. The maximum absolute atomic E-state index is 14.1. The molecule has 1 aliphatic rings. The Balaban J connectivity index is 1.63. The molecular weight excluding hydrogens is 551 g/mol. The first kappa shape index (κ1) is 28.9. The van der Waals surface area contributed by atoms with Gasteiger partial charge in [0.1, 0.15) is 18.1 Å². The number of nitrogens with one attached hydrogen (secondary N) is 1. The zero-order valence-corrected chi connectivity index (χ0v) is 22.8. The molecule has 1 heterocycles. The van der Waals surface area contributed by atoms with Gasteiger partial charge in [-0.15, -0.1) is 5.10 Å². The SMILES string of the molecule is COc1ccc([C@H](C(=O)NC2CCCCC2)N(C(=O)Cn2nnc3ccccc32)c2cccc(C(F)(F)F)c2)cc1O. The molecule has 0 unspecified atom stereocenters. The van der Waals surface area contributed by atoms with Crippen LogP contribution in [0.5, 0.6) is 11.5 Å². The second-order valence-electron chi connectivity index (χ2n) is 10.2. The summed E-state index contributed by atoms with van der Waals surface area (Å²) in [5, 5.41) is 21.7. The second kappa shape index (κ2) is 12.1. The number of nitrogens with zero attached hydrogens (tertiary/aromatic N) is 4. The third-order valence-electron chi connectivity index (χ3n) is 7.40. The Bertz CT molecular complexity index is 1580. The lowest BCUT2D eigenvalue weighted by atomic mass is 9.94. The Labute approximate surface area is 239 Å². The topological polar surface area (TPSA) is 110 Å². The number of methoxy groups -OCH3 is 1. The van der Waals surface area contributed by atoms with Gasteiger partial charge >= 0.3 is 6.18 Å². The molecule has 1 aromatic heterocycles. The molecule has 5 rings (SSSR count). The van der Waals surface area contributed by atoms with Crippen molar-refractivity contribution in [1.82, 2.24) is 20.3 Å². The van der Waals surface area contributed by atoms with E-state index in [0.717, 1.165) is 49.1 Å². The average Bonchev–Trinajstić information content (AvgIpc) is 3.38. The minimum atomic E-state index is -4.69. The standard InChI is InChI=1S/C30H30F3N5O4/c1-42-26-15-14-19(16-25(26)39)28(29(41)34-21-9-3-2-4-10-21)38(22-11-7-8-20(17-22)30(31,32)33)27(40)18-37-24-13-6-5-12-23(24)35-36-37/h5-8,11-17,21,28,39H,2-4,9-10,18H2,1H3,(H,34,41)/t28-/m1/s1. The molecule has 0 aliphatic heterocycles. The summed E-state index contributed by atoms with van der Waals surface area (Å²) in [5.74, 6) is -1.44. The van der Waals surface area contributed by atoms with Crippen molar-refractivity contribution in [3.63, 3.8) is 0 Å². The number of benzene rings is 3. The lowest BCUT2D eigenvalue weighted by molar-refractivity contribution is -0.137. The molecule has 2 N–H and O–H groups in total. The van der Waals surface area contributed by atoms with Crippen molar-refractivity contribution < 1.29 is 32.6 Å². The van der Waals surface area contributed by atoms with E-state index in [4.69, 9.17) is 4.74 Å². The third-order valence-corrected chi connectivity index (χ3v) is 7.40. The number of hydrogen-bond donors (Lipinski definition) is 2. The molecule has 1 saturated carbocycles. The summed E-state index contributed by atoms with van der Waals surface area (Å²) in [6, 6.07) is 13.8. The van der Waals surface area contributed by atoms with E-state index < -0.39 is 36.1 Å². The van der Waals surface area contributed by atoms with Gasteiger partial charge in [0.2, 0.25) is 11.8 Å². The number of phenolic OH excluding ortho intramolecular Hbond substituents is 1. The van der Waals surface area contributed by atoms with Gasteiger partial charge in [-0.25, -0.2) is 4.68 Å². The molecule has 12 heteroatoms. The number of aromatic nitrogens is 3. The van der Waals surface area contributed by atoms with Crippen LogP contribution in [0.1, 0.15) is 49.3 Å². The van der Waals surface area contributed by atoms with Gasteiger partial charge < -0.3 is 15.2 Å². The van der Waals surface area contributed by atoms with E-state index in [9.17, 15) is 27.9 Å². The van der Waals surface area contributed by atoms with Gasteiger partial charge in [0, 0.05) is 11.7 Å². The number of anilines is 1. The van der Waals surface area contributed by atoms with Crippen LogP contribution in [-0.4, -0.2) is 45.1 Å². The first-order valence-corrected chi connectivity index (χ1v) is 13.6. The molecule has 0 radical (unpaired) electrons. The second-order valence-corrected chi connectivity index (χ2v) is 10.2. The summed E-state index contributed by atoms with van der Waals surface area (Å²) < 4.78 is 47.8. The monoisotopic (exact) mass is 581 g/mol. The smallest absolute Gasteiger partial charge is 0.416 e. The number of ether oxygens (including phenoxy) is 1. The van der Waals surface area contributed by atoms with Crippen LogP contribution in [-0.2, 0) is 22.3 Å². The highest BCUT2D eigenvalue weighted by molar-refractivity contribution is 6.01. The normalized spacial score (nSPS) is 14.9. The van der Waals surface area contributed by atoms with Crippen molar-refractivity contribution in [3.8, 4) is 11.5 Å². The molecular formula is C30H30F3N5O4. The average molecular weight is 582 g/mol. The van der Waals surface area contributed by atoms with Crippen molar-refractivity contribution in [2.75, 3.05) is 12.0 Å². The number of halogens is 3. The molecule has 42 heavy (non-hydrogen) atoms. The summed E-state index contributed by atoms with van der Waals surface area (Å²) in [6.07, 6.45) is -0.305. The first-order valence-electron chi connectivity index (χ1n) is 13.6. The molecule has 1 aliphatic carbocycles. The Morgan fingerprint density at radius 2 is 1.83 bits per heavy atom. The van der Waals surface area contributed by atoms with E-state index in [2.05, 4.69) is 15.6 Å². The van der Waals surface area contributed by atoms with Crippen LogP contribution in [0.15, 0.2) is 66.7 Å². The van der Waals surface area contributed by atoms with E-state index in [1.54, 1.807) is 24.3 Å². The molecule has 0 bridgehead atoms. The third kappa shape index (κ3) is 6.17. The molecule has 2 amide bonds. The molecule has 1 fully saturated rings. The summed E-state index contributed by atoms with van der Waals surface area (Å²) >= 11 is 0. The van der Waals surface area contributed by atoms with E-state index in [0.29, 0.717) is 11.0 Å². The number of hydrogen-bond acceptors (Lipinski definition) is 6. The highest BCUT2D eigenvalue weighted by Crippen LogP contribution is 2.37. The molecule has 1 atom stereocenters. The van der Waals surface area contributed by atoms with Crippen LogP contribution < -0.4 is 15.0 Å². The van der Waals surface area contributed by atoms with Crippen molar-refractivity contribution in [1.29, 1.82) is 0 Å². The fourth-order valence-corrected chi connectivity index (χ4v) is 5.33. The van der Waals surface area contributed by atoms with E-state index in [1.165, 1.54) is 42.1 Å². The van der Waals surface area contributed by atoms with Crippen LogP contribution in [0.2, 0.25) is 0 Å². The fourth-order valence-electron chi connectivity index (χ4n) is 5.33. The highest BCUT2D eigenvalue weighted by atomic mass is 19.4. The minimum absolute atomic E-state index is 0.135. The number of rotatable bonds is 8. The van der Waals surface area contributed by atoms with Crippen LogP contribution in [0.3, 0.4) is 0 Å². The predicted molar refractivity (Wildman–Crippen MR) is 149 cm³/mol. The number of fused-ring (bicyclic) bond motifs is 1. The zero-order valence-electron chi connectivity index (χ0n) is 22.8. The predicted octanol–water partition coefficient (Wildman–Crippen LogP) is 5.39. The van der Waals surface area contributed by atoms with Gasteiger partial charge in [0.15, 0.2) is 11.5 Å². The van der Waals surface area contributed by atoms with Crippen molar-refractivity contribution >= 4 is 28.5 Å². The first-order chi connectivity index (χ1) is 20.2. The summed E-state index contributed by atoms with van der Waals surface area (Å²) in [7, 11) is 1.36. The van der Waals surface area contributed by atoms with Crippen LogP contribution in [0, 0.1) is 0 Å². The zero-order chi connectivity index (χ0) is 29.9. The Kier molecular flexibility index (Phi) is 8.32. The van der Waals surface area contributed by atoms with Crippen LogP contribution >= 0.6 is 0 Å². The van der Waals surface area contributed by atoms with Crippen molar-refractivity contribution in [3.05, 3.63) is 77.9 Å². The number of carbonyl (C=O) groups is 2. The minimum Gasteiger partial charge on any atom is -0.504 e. The molecule has 4 aromatic rings. The quantitative estimate of drug-likeness (QED) is 0.289.